The molecule has 1 aromatic heterocycles. The Hall–Kier alpha value is -1.32. The van der Waals surface area contributed by atoms with Crippen LogP contribution in [0.25, 0.3) is 0 Å². The highest BCUT2D eigenvalue weighted by Gasteiger charge is 2.02. The summed E-state index contributed by atoms with van der Waals surface area (Å²) in [7, 11) is 0. The van der Waals surface area contributed by atoms with Gasteiger partial charge in [-0.15, -0.1) is 11.3 Å². The summed E-state index contributed by atoms with van der Waals surface area (Å²) in [5, 5.41) is 0.893. The Morgan fingerprint density at radius 2 is 2.00 bits per heavy atom. The van der Waals surface area contributed by atoms with E-state index in [4.69, 9.17) is 10.5 Å². The van der Waals surface area contributed by atoms with E-state index in [0.717, 1.165) is 21.3 Å². The maximum Gasteiger partial charge on any atom is 0.181 e. The molecule has 0 fully saturated rings. The van der Waals surface area contributed by atoms with Crippen LogP contribution < -0.4 is 10.5 Å². The van der Waals surface area contributed by atoms with E-state index in [-0.39, 0.29) is 0 Å². The average molecular weight is 219 g/mol. The molecule has 1 aromatic carbocycles. The number of rotatable bonds is 3. The first kappa shape index (κ1) is 10.2. The molecule has 3 heteroatoms. The van der Waals surface area contributed by atoms with E-state index in [2.05, 4.69) is 0 Å². The highest BCUT2D eigenvalue weighted by atomic mass is 32.1. The SMILES string of the molecule is Cc1ccccc1Oc1ccc(CN)s1. The summed E-state index contributed by atoms with van der Waals surface area (Å²) in [5.74, 6) is 0.905. The highest BCUT2D eigenvalue weighted by molar-refractivity contribution is 7.13. The second kappa shape index (κ2) is 4.47. The zero-order valence-corrected chi connectivity index (χ0v) is 9.38. The third-order valence-corrected chi connectivity index (χ3v) is 3.13. The maximum absolute atomic E-state index is 5.75. The van der Waals surface area contributed by atoms with Crippen molar-refractivity contribution in [3.8, 4) is 10.8 Å². The van der Waals surface area contributed by atoms with Crippen LogP contribution in [0.1, 0.15) is 10.4 Å². The van der Waals surface area contributed by atoms with Crippen molar-refractivity contribution in [2.24, 2.45) is 5.73 Å². The lowest BCUT2D eigenvalue weighted by Gasteiger charge is -2.05. The Morgan fingerprint density at radius 1 is 1.20 bits per heavy atom. The third kappa shape index (κ3) is 2.37. The van der Waals surface area contributed by atoms with Crippen LogP contribution in [0.2, 0.25) is 0 Å². The van der Waals surface area contributed by atoms with Gasteiger partial charge >= 0.3 is 0 Å². The monoisotopic (exact) mass is 219 g/mol. The molecular formula is C12H13NOS. The van der Waals surface area contributed by atoms with Crippen molar-refractivity contribution in [3.63, 3.8) is 0 Å². The molecule has 2 N–H and O–H groups in total. The van der Waals surface area contributed by atoms with E-state index in [1.807, 2.05) is 43.3 Å². The topological polar surface area (TPSA) is 35.2 Å². The van der Waals surface area contributed by atoms with Crippen LogP contribution in [0.3, 0.4) is 0 Å². The van der Waals surface area contributed by atoms with Crippen LogP contribution in [0.5, 0.6) is 10.8 Å². The van der Waals surface area contributed by atoms with Gasteiger partial charge in [-0.05, 0) is 30.7 Å². The molecule has 0 aliphatic heterocycles. The molecule has 2 rings (SSSR count). The molecular weight excluding hydrogens is 206 g/mol. The fourth-order valence-electron chi connectivity index (χ4n) is 1.30. The standard InChI is InChI=1S/C12H13NOS/c1-9-4-2-3-5-11(9)14-12-7-6-10(8-13)15-12/h2-7H,8,13H2,1H3. The van der Waals surface area contributed by atoms with Crippen molar-refractivity contribution in [2.45, 2.75) is 13.5 Å². The largest absolute Gasteiger partial charge is 0.446 e. The van der Waals surface area contributed by atoms with E-state index in [0.29, 0.717) is 6.54 Å². The van der Waals surface area contributed by atoms with E-state index in [1.165, 1.54) is 0 Å². The third-order valence-electron chi connectivity index (χ3n) is 2.14. The number of benzene rings is 1. The van der Waals surface area contributed by atoms with Gasteiger partial charge in [-0.3, -0.25) is 0 Å². The van der Waals surface area contributed by atoms with Gasteiger partial charge in [-0.25, -0.2) is 0 Å². The van der Waals surface area contributed by atoms with Crippen molar-refractivity contribution < 1.29 is 4.74 Å². The van der Waals surface area contributed by atoms with Crippen LogP contribution in [0, 0.1) is 6.92 Å². The minimum Gasteiger partial charge on any atom is -0.446 e. The second-order valence-electron chi connectivity index (χ2n) is 3.29. The Labute approximate surface area is 93.3 Å². The molecule has 0 aliphatic carbocycles. The van der Waals surface area contributed by atoms with Crippen LogP contribution in [-0.4, -0.2) is 0 Å². The van der Waals surface area contributed by atoms with Gasteiger partial charge in [0.1, 0.15) is 5.75 Å². The van der Waals surface area contributed by atoms with Crippen molar-refractivity contribution in [3.05, 3.63) is 46.8 Å². The molecule has 0 atom stereocenters. The minimum absolute atomic E-state index is 0.571. The molecule has 0 spiro atoms. The number of ether oxygens (including phenoxy) is 1. The first-order chi connectivity index (χ1) is 7.29. The summed E-state index contributed by atoms with van der Waals surface area (Å²) in [6.45, 7) is 2.61. The van der Waals surface area contributed by atoms with Crippen molar-refractivity contribution in [1.29, 1.82) is 0 Å². The minimum atomic E-state index is 0.571. The molecule has 2 aromatic rings. The summed E-state index contributed by atoms with van der Waals surface area (Å²) >= 11 is 1.59. The predicted molar refractivity (Wildman–Crippen MR) is 63.5 cm³/mol. The summed E-state index contributed by atoms with van der Waals surface area (Å²) in [6, 6.07) is 11.9. The Bertz CT molecular complexity index is 450. The number of thiophene rings is 1. The summed E-state index contributed by atoms with van der Waals surface area (Å²) in [6.07, 6.45) is 0. The molecule has 0 amide bonds. The fraction of sp³-hybridized carbons (Fsp3) is 0.167. The molecule has 0 unspecified atom stereocenters. The zero-order valence-electron chi connectivity index (χ0n) is 8.57. The van der Waals surface area contributed by atoms with Crippen molar-refractivity contribution in [2.75, 3.05) is 0 Å². The normalized spacial score (nSPS) is 10.3. The summed E-state index contributed by atoms with van der Waals surface area (Å²) in [5.41, 5.74) is 6.68. The van der Waals surface area contributed by atoms with Gasteiger partial charge in [0.15, 0.2) is 5.06 Å². The van der Waals surface area contributed by atoms with E-state index >= 15 is 0 Å². The van der Waals surface area contributed by atoms with Gasteiger partial charge < -0.3 is 10.5 Å². The Balaban J connectivity index is 2.18. The van der Waals surface area contributed by atoms with E-state index in [9.17, 15) is 0 Å². The summed E-state index contributed by atoms with van der Waals surface area (Å²) < 4.78 is 5.75. The number of aryl methyl sites for hydroxylation is 1. The van der Waals surface area contributed by atoms with Crippen LogP contribution in [0.4, 0.5) is 0 Å². The molecule has 78 valence electrons. The fourth-order valence-corrected chi connectivity index (χ4v) is 2.05. The Morgan fingerprint density at radius 3 is 2.67 bits per heavy atom. The lowest BCUT2D eigenvalue weighted by Crippen LogP contribution is -1.91. The van der Waals surface area contributed by atoms with E-state index in [1.54, 1.807) is 11.3 Å². The first-order valence-corrected chi connectivity index (χ1v) is 5.63. The van der Waals surface area contributed by atoms with Crippen molar-refractivity contribution >= 4 is 11.3 Å². The molecule has 0 saturated carbocycles. The zero-order chi connectivity index (χ0) is 10.7. The first-order valence-electron chi connectivity index (χ1n) is 4.82. The molecule has 1 heterocycles. The smallest absolute Gasteiger partial charge is 0.181 e. The number of hydrogen-bond donors (Lipinski definition) is 1. The molecule has 0 aliphatic rings. The van der Waals surface area contributed by atoms with Gasteiger partial charge in [0.2, 0.25) is 0 Å². The molecule has 15 heavy (non-hydrogen) atoms. The van der Waals surface area contributed by atoms with Gasteiger partial charge in [-0.1, -0.05) is 18.2 Å². The number of nitrogens with two attached hydrogens (primary N) is 1. The number of para-hydroxylation sites is 1. The Kier molecular flexibility index (Phi) is 3.04. The highest BCUT2D eigenvalue weighted by Crippen LogP contribution is 2.30. The van der Waals surface area contributed by atoms with Gasteiger partial charge in [0.25, 0.3) is 0 Å². The van der Waals surface area contributed by atoms with Gasteiger partial charge in [-0.2, -0.15) is 0 Å². The molecule has 0 radical (unpaired) electrons. The van der Waals surface area contributed by atoms with Crippen LogP contribution in [0.15, 0.2) is 36.4 Å². The number of hydrogen-bond acceptors (Lipinski definition) is 3. The van der Waals surface area contributed by atoms with Crippen molar-refractivity contribution in [1.82, 2.24) is 0 Å². The van der Waals surface area contributed by atoms with E-state index < -0.39 is 0 Å². The second-order valence-corrected chi connectivity index (χ2v) is 4.42. The molecule has 0 bridgehead atoms. The van der Waals surface area contributed by atoms with Crippen LogP contribution in [-0.2, 0) is 6.54 Å². The van der Waals surface area contributed by atoms with Crippen LogP contribution >= 0.6 is 11.3 Å². The molecule has 2 nitrogen and oxygen atoms in total. The quantitative estimate of drug-likeness (QED) is 0.859. The average Bonchev–Trinajstić information content (AvgIpc) is 2.69. The summed E-state index contributed by atoms with van der Waals surface area (Å²) in [4.78, 5) is 1.14. The lowest BCUT2D eigenvalue weighted by atomic mass is 10.2. The molecule has 0 saturated heterocycles. The van der Waals surface area contributed by atoms with Gasteiger partial charge in [0, 0.05) is 11.4 Å². The lowest BCUT2D eigenvalue weighted by molar-refractivity contribution is 0.492. The van der Waals surface area contributed by atoms with Gasteiger partial charge in [0.05, 0.1) is 0 Å². The maximum atomic E-state index is 5.75. The predicted octanol–water partition coefficient (Wildman–Crippen LogP) is 3.31.